The number of amides is 2. The SMILES string of the molecule is CC(NC(=O)OCc1ccccc1)C(=O)Nc1cccc2c(S(=O)(=O)N3CCOCC3)cccc12. The van der Waals surface area contributed by atoms with Crippen LogP contribution in [0.5, 0.6) is 0 Å². The molecule has 9 nitrogen and oxygen atoms in total. The standard InChI is InChI=1S/C25H27N3O6S/c1-18(26-25(30)34-17-19-7-3-2-4-8-19)24(29)27-22-11-5-10-21-20(22)9-6-12-23(21)35(31,32)28-13-15-33-16-14-28/h2-12,18H,13-17H2,1H3,(H,26,30)(H,27,29). The quantitative estimate of drug-likeness (QED) is 0.519. The topological polar surface area (TPSA) is 114 Å². The summed E-state index contributed by atoms with van der Waals surface area (Å²) in [5.41, 5.74) is 1.27. The van der Waals surface area contributed by atoms with Crippen LogP contribution >= 0.6 is 0 Å². The van der Waals surface area contributed by atoms with Crippen LogP contribution in [0.4, 0.5) is 10.5 Å². The van der Waals surface area contributed by atoms with E-state index in [0.717, 1.165) is 5.56 Å². The van der Waals surface area contributed by atoms with Crippen molar-refractivity contribution in [1.82, 2.24) is 9.62 Å². The Kier molecular flexibility index (Phi) is 7.64. The van der Waals surface area contributed by atoms with Gasteiger partial charge in [-0.3, -0.25) is 4.79 Å². The second kappa shape index (κ2) is 10.9. The fourth-order valence-electron chi connectivity index (χ4n) is 3.79. The van der Waals surface area contributed by atoms with Crippen molar-refractivity contribution in [3.63, 3.8) is 0 Å². The molecule has 184 valence electrons. The molecule has 1 fully saturated rings. The number of carbonyl (C=O) groups is 2. The maximum atomic E-state index is 13.2. The van der Waals surface area contributed by atoms with Crippen LogP contribution < -0.4 is 10.6 Å². The minimum absolute atomic E-state index is 0.0880. The van der Waals surface area contributed by atoms with Crippen molar-refractivity contribution in [1.29, 1.82) is 0 Å². The second-order valence-corrected chi connectivity index (χ2v) is 10.00. The first kappa shape index (κ1) is 24.6. The average molecular weight is 498 g/mol. The Hall–Kier alpha value is -3.47. The first-order chi connectivity index (χ1) is 16.9. The summed E-state index contributed by atoms with van der Waals surface area (Å²) in [6.07, 6.45) is -0.715. The third-order valence-electron chi connectivity index (χ3n) is 5.67. The minimum atomic E-state index is -3.73. The molecule has 0 saturated carbocycles. The summed E-state index contributed by atoms with van der Waals surface area (Å²) >= 11 is 0. The molecule has 3 aromatic rings. The molecule has 3 aromatic carbocycles. The number of hydrogen-bond acceptors (Lipinski definition) is 6. The molecular formula is C25H27N3O6S. The number of benzene rings is 3. The van der Waals surface area contributed by atoms with E-state index < -0.39 is 28.1 Å². The smallest absolute Gasteiger partial charge is 0.408 e. The third-order valence-corrected chi connectivity index (χ3v) is 7.63. The van der Waals surface area contributed by atoms with E-state index >= 15 is 0 Å². The Morgan fingerprint density at radius 2 is 1.66 bits per heavy atom. The molecule has 0 spiro atoms. The van der Waals surface area contributed by atoms with Crippen molar-refractivity contribution in [3.8, 4) is 0 Å². The number of alkyl carbamates (subject to hydrolysis) is 1. The molecule has 1 atom stereocenters. The number of carbonyl (C=O) groups excluding carboxylic acids is 2. The highest BCUT2D eigenvalue weighted by Gasteiger charge is 2.28. The number of sulfonamides is 1. The van der Waals surface area contributed by atoms with Gasteiger partial charge in [0.05, 0.1) is 18.1 Å². The van der Waals surface area contributed by atoms with Gasteiger partial charge in [0.2, 0.25) is 15.9 Å². The molecule has 0 aromatic heterocycles. The first-order valence-electron chi connectivity index (χ1n) is 11.2. The summed E-state index contributed by atoms with van der Waals surface area (Å²) in [6.45, 7) is 2.91. The molecule has 1 aliphatic rings. The van der Waals surface area contributed by atoms with Crippen LogP contribution in [0.3, 0.4) is 0 Å². The molecule has 2 amide bonds. The normalized spacial score (nSPS) is 15.3. The number of nitrogens with one attached hydrogen (secondary N) is 2. The van der Waals surface area contributed by atoms with Gasteiger partial charge in [0.1, 0.15) is 12.6 Å². The van der Waals surface area contributed by atoms with Gasteiger partial charge in [-0.1, -0.05) is 54.6 Å². The third kappa shape index (κ3) is 5.79. The summed E-state index contributed by atoms with van der Waals surface area (Å²) < 4.78 is 38.4. The van der Waals surface area contributed by atoms with Crippen LogP contribution in [0.2, 0.25) is 0 Å². The maximum Gasteiger partial charge on any atom is 0.408 e. The summed E-state index contributed by atoms with van der Waals surface area (Å²) in [6, 6.07) is 18.4. The minimum Gasteiger partial charge on any atom is -0.445 e. The zero-order valence-electron chi connectivity index (χ0n) is 19.3. The lowest BCUT2D eigenvalue weighted by molar-refractivity contribution is -0.117. The number of nitrogens with zero attached hydrogens (tertiary/aromatic N) is 1. The number of ether oxygens (including phenoxy) is 2. The van der Waals surface area contributed by atoms with E-state index in [4.69, 9.17) is 9.47 Å². The van der Waals surface area contributed by atoms with Gasteiger partial charge in [0, 0.05) is 29.5 Å². The van der Waals surface area contributed by atoms with Gasteiger partial charge >= 0.3 is 6.09 Å². The Bertz CT molecular complexity index is 1310. The largest absolute Gasteiger partial charge is 0.445 e. The first-order valence-corrected chi connectivity index (χ1v) is 12.7. The Morgan fingerprint density at radius 3 is 2.40 bits per heavy atom. The van der Waals surface area contributed by atoms with E-state index in [1.807, 2.05) is 30.3 Å². The van der Waals surface area contributed by atoms with Crippen LogP contribution in [0.15, 0.2) is 71.6 Å². The predicted octanol–water partition coefficient (Wildman–Crippen LogP) is 3.11. The molecule has 1 saturated heterocycles. The summed E-state index contributed by atoms with van der Waals surface area (Å²) in [4.78, 5) is 25.1. The van der Waals surface area contributed by atoms with Gasteiger partial charge in [-0.05, 0) is 24.6 Å². The van der Waals surface area contributed by atoms with E-state index in [9.17, 15) is 18.0 Å². The molecule has 4 rings (SSSR count). The molecule has 0 aliphatic carbocycles. The Balaban J connectivity index is 1.46. The van der Waals surface area contributed by atoms with Gasteiger partial charge < -0.3 is 20.1 Å². The van der Waals surface area contributed by atoms with Gasteiger partial charge in [0.15, 0.2) is 0 Å². The number of anilines is 1. The van der Waals surface area contributed by atoms with Crippen molar-refractivity contribution in [3.05, 3.63) is 72.3 Å². The zero-order valence-corrected chi connectivity index (χ0v) is 20.1. The lowest BCUT2D eigenvalue weighted by Crippen LogP contribution is -2.41. The van der Waals surface area contributed by atoms with Crippen LogP contribution in [-0.2, 0) is 30.9 Å². The molecule has 10 heteroatoms. The highest BCUT2D eigenvalue weighted by atomic mass is 32.2. The van der Waals surface area contributed by atoms with Crippen LogP contribution in [0, 0.1) is 0 Å². The highest BCUT2D eigenvalue weighted by molar-refractivity contribution is 7.89. The monoisotopic (exact) mass is 497 g/mol. The molecule has 0 bridgehead atoms. The number of hydrogen-bond donors (Lipinski definition) is 2. The summed E-state index contributed by atoms with van der Waals surface area (Å²) in [7, 11) is -3.73. The van der Waals surface area contributed by atoms with Gasteiger partial charge in [-0.15, -0.1) is 0 Å². The average Bonchev–Trinajstić information content (AvgIpc) is 2.88. The van der Waals surface area contributed by atoms with Gasteiger partial charge in [-0.25, -0.2) is 13.2 Å². The van der Waals surface area contributed by atoms with E-state index in [1.165, 1.54) is 4.31 Å². The van der Waals surface area contributed by atoms with Crippen LogP contribution in [-0.4, -0.2) is 57.1 Å². The fraction of sp³-hybridized carbons (Fsp3) is 0.280. The zero-order chi connectivity index (χ0) is 24.8. The van der Waals surface area contributed by atoms with Gasteiger partial charge in [0.25, 0.3) is 0 Å². The van der Waals surface area contributed by atoms with E-state index in [-0.39, 0.29) is 11.5 Å². The predicted molar refractivity (Wildman–Crippen MR) is 131 cm³/mol. The number of fused-ring (bicyclic) bond motifs is 1. The summed E-state index contributed by atoms with van der Waals surface area (Å²) in [5.74, 6) is -0.462. The molecule has 1 aliphatic heterocycles. The molecule has 1 unspecified atom stereocenters. The lowest BCUT2D eigenvalue weighted by Gasteiger charge is -2.26. The van der Waals surface area contributed by atoms with Crippen molar-refractivity contribution in [2.45, 2.75) is 24.5 Å². The van der Waals surface area contributed by atoms with Crippen molar-refractivity contribution in [2.75, 3.05) is 31.6 Å². The van der Waals surface area contributed by atoms with Crippen molar-refractivity contribution >= 4 is 38.5 Å². The van der Waals surface area contributed by atoms with E-state index in [1.54, 1.807) is 43.3 Å². The Labute approximate surface area is 204 Å². The van der Waals surface area contributed by atoms with Crippen LogP contribution in [0.1, 0.15) is 12.5 Å². The highest BCUT2D eigenvalue weighted by Crippen LogP contribution is 2.31. The van der Waals surface area contributed by atoms with Crippen LogP contribution in [0.25, 0.3) is 10.8 Å². The second-order valence-electron chi connectivity index (χ2n) is 8.09. The molecule has 1 heterocycles. The summed E-state index contributed by atoms with van der Waals surface area (Å²) in [5, 5.41) is 6.37. The molecule has 0 radical (unpaired) electrons. The molecule has 35 heavy (non-hydrogen) atoms. The number of rotatable bonds is 7. The maximum absolute atomic E-state index is 13.2. The Morgan fingerprint density at radius 1 is 0.971 bits per heavy atom. The van der Waals surface area contributed by atoms with E-state index in [0.29, 0.717) is 42.8 Å². The van der Waals surface area contributed by atoms with Crippen molar-refractivity contribution < 1.29 is 27.5 Å². The number of morpholine rings is 1. The molecular weight excluding hydrogens is 470 g/mol. The van der Waals surface area contributed by atoms with Gasteiger partial charge in [-0.2, -0.15) is 4.31 Å². The fourth-order valence-corrected chi connectivity index (χ4v) is 5.40. The lowest BCUT2D eigenvalue weighted by atomic mass is 10.1. The van der Waals surface area contributed by atoms with E-state index in [2.05, 4.69) is 10.6 Å². The van der Waals surface area contributed by atoms with Crippen molar-refractivity contribution in [2.24, 2.45) is 0 Å². The molecule has 2 N–H and O–H groups in total.